The average Bonchev–Trinajstić information content (AvgIpc) is 3.51. The van der Waals surface area contributed by atoms with Gasteiger partial charge in [0.1, 0.15) is 11.2 Å². The summed E-state index contributed by atoms with van der Waals surface area (Å²) < 4.78 is 1.89. The second kappa shape index (κ2) is 8.17. The molecule has 0 spiro atoms. The molecule has 3 N–H and O–H groups in total. The molecule has 2 saturated heterocycles. The molecule has 2 bridgehead atoms. The Morgan fingerprint density at radius 1 is 1.23 bits per heavy atom. The van der Waals surface area contributed by atoms with Gasteiger partial charge in [-0.2, -0.15) is 5.10 Å². The maximum Gasteiger partial charge on any atom is 0.231 e. The highest BCUT2D eigenvalue weighted by molar-refractivity contribution is 7.19. The molecule has 4 aromatic heterocycles. The van der Waals surface area contributed by atoms with Gasteiger partial charge in [0.2, 0.25) is 5.91 Å². The first-order valence-corrected chi connectivity index (χ1v) is 13.5. The Labute approximate surface area is 209 Å². The number of nitrogens with one attached hydrogen (secondary N) is 1. The Hall–Kier alpha value is -2.71. The van der Waals surface area contributed by atoms with Gasteiger partial charge in [0.05, 0.1) is 12.2 Å². The van der Waals surface area contributed by atoms with E-state index in [1.807, 2.05) is 15.9 Å². The van der Waals surface area contributed by atoms with Gasteiger partial charge < -0.3 is 10.7 Å². The molecular weight excluding hydrogens is 456 g/mol. The molecule has 0 radical (unpaired) electrons. The van der Waals surface area contributed by atoms with Crippen molar-refractivity contribution >= 4 is 33.1 Å². The van der Waals surface area contributed by atoms with E-state index < -0.39 is 0 Å². The van der Waals surface area contributed by atoms with E-state index >= 15 is 0 Å². The van der Waals surface area contributed by atoms with Crippen LogP contribution >= 0.6 is 11.3 Å². The molecule has 3 fully saturated rings. The van der Waals surface area contributed by atoms with Crippen molar-refractivity contribution in [3.63, 3.8) is 0 Å². The number of aromatic amines is 1. The number of hydrogen-bond donors (Lipinski definition) is 2. The summed E-state index contributed by atoms with van der Waals surface area (Å²) in [6.45, 7) is 12.6. The first kappa shape index (κ1) is 22.7. The van der Waals surface area contributed by atoms with Crippen molar-refractivity contribution in [2.75, 3.05) is 13.1 Å². The topological polar surface area (TPSA) is 92.3 Å². The summed E-state index contributed by atoms with van der Waals surface area (Å²) in [5.74, 6) is 1.35. The van der Waals surface area contributed by atoms with E-state index in [9.17, 15) is 4.79 Å². The van der Waals surface area contributed by atoms with Crippen molar-refractivity contribution in [3.8, 4) is 11.3 Å². The lowest BCUT2D eigenvalue weighted by atomic mass is 9.70. The highest BCUT2D eigenvalue weighted by Crippen LogP contribution is 2.51. The van der Waals surface area contributed by atoms with Gasteiger partial charge >= 0.3 is 0 Å². The molecule has 6 heterocycles. The summed E-state index contributed by atoms with van der Waals surface area (Å²) in [7, 11) is 0. The number of nitrogens with zero attached hydrogens (tertiary/aromatic N) is 4. The van der Waals surface area contributed by atoms with Crippen LogP contribution in [0.1, 0.15) is 72.1 Å². The van der Waals surface area contributed by atoms with E-state index in [1.165, 1.54) is 61.4 Å². The standard InChI is InChI=1S/C27H34N6OS/c1-13(2)22-23-16(5)25(19-8-18-7-6-17(19)9-32(18)11-21(28)34)35-27(23)31-24(22)20-10-33-26(29-12-30-33)15(4)14(20)3/h10,12-13,17-19,31H,6-9,11H2,1-5H3,(H2,28,34)/t17?,18?,19-/m1/s1. The maximum atomic E-state index is 11.6. The van der Waals surface area contributed by atoms with Crippen LogP contribution in [-0.4, -0.2) is 49.5 Å². The third kappa shape index (κ3) is 3.44. The molecule has 35 heavy (non-hydrogen) atoms. The van der Waals surface area contributed by atoms with Gasteiger partial charge in [-0.1, -0.05) is 13.8 Å². The van der Waals surface area contributed by atoms with Crippen LogP contribution in [0.3, 0.4) is 0 Å². The quantitative estimate of drug-likeness (QED) is 0.410. The van der Waals surface area contributed by atoms with Crippen LogP contribution in [-0.2, 0) is 4.79 Å². The molecule has 3 atom stereocenters. The lowest BCUT2D eigenvalue weighted by Crippen LogP contribution is -2.53. The second-order valence-corrected chi connectivity index (χ2v) is 12.0. The minimum atomic E-state index is -0.210. The van der Waals surface area contributed by atoms with Crippen LogP contribution in [0.25, 0.3) is 27.1 Å². The summed E-state index contributed by atoms with van der Waals surface area (Å²) in [5.41, 5.74) is 14.1. The van der Waals surface area contributed by atoms with Crippen LogP contribution < -0.4 is 5.73 Å². The predicted octanol–water partition coefficient (Wildman–Crippen LogP) is 5.04. The maximum absolute atomic E-state index is 11.6. The van der Waals surface area contributed by atoms with Crippen molar-refractivity contribution in [1.29, 1.82) is 0 Å². The minimum absolute atomic E-state index is 0.210. The van der Waals surface area contributed by atoms with Gasteiger partial charge in [0.25, 0.3) is 0 Å². The predicted molar refractivity (Wildman–Crippen MR) is 141 cm³/mol. The largest absolute Gasteiger partial charge is 0.369 e. The fourth-order valence-corrected chi connectivity index (χ4v) is 8.21. The zero-order valence-corrected chi connectivity index (χ0v) is 22.0. The van der Waals surface area contributed by atoms with Gasteiger partial charge in [-0.15, -0.1) is 11.3 Å². The molecule has 2 unspecified atom stereocenters. The van der Waals surface area contributed by atoms with Crippen molar-refractivity contribution in [2.24, 2.45) is 11.7 Å². The van der Waals surface area contributed by atoms with Crippen molar-refractivity contribution in [2.45, 2.75) is 71.8 Å². The van der Waals surface area contributed by atoms with Crippen molar-refractivity contribution in [3.05, 3.63) is 39.7 Å². The molecule has 8 heteroatoms. The lowest BCUT2D eigenvalue weighted by Gasteiger charge is -2.49. The first-order valence-electron chi connectivity index (χ1n) is 12.7. The summed E-state index contributed by atoms with van der Waals surface area (Å²) in [6.07, 6.45) is 7.31. The Balaban J connectivity index is 1.44. The van der Waals surface area contributed by atoms with E-state index in [0.717, 1.165) is 18.6 Å². The number of pyridine rings is 1. The number of aromatic nitrogens is 4. The molecule has 7 rings (SSSR count). The molecule has 7 nitrogen and oxygen atoms in total. The Kier molecular flexibility index (Phi) is 5.30. The highest BCUT2D eigenvalue weighted by atomic mass is 32.1. The molecule has 1 saturated carbocycles. The molecule has 0 aromatic carbocycles. The highest BCUT2D eigenvalue weighted by Gasteiger charge is 2.42. The van der Waals surface area contributed by atoms with E-state index in [4.69, 9.17) is 5.73 Å². The van der Waals surface area contributed by atoms with Gasteiger partial charge in [-0.3, -0.25) is 9.69 Å². The van der Waals surface area contributed by atoms with Gasteiger partial charge in [0.15, 0.2) is 5.65 Å². The molecule has 2 aliphatic heterocycles. The van der Waals surface area contributed by atoms with Gasteiger partial charge in [-0.25, -0.2) is 9.50 Å². The number of carbonyl (C=O) groups excluding carboxylic acids is 1. The number of rotatable bonds is 5. The molecule has 4 aromatic rings. The molecule has 1 amide bonds. The number of primary amides is 1. The van der Waals surface area contributed by atoms with E-state index in [0.29, 0.717) is 30.3 Å². The zero-order valence-electron chi connectivity index (χ0n) is 21.2. The second-order valence-electron chi connectivity index (χ2n) is 10.9. The first-order chi connectivity index (χ1) is 16.7. The van der Waals surface area contributed by atoms with E-state index in [2.05, 4.69) is 60.8 Å². The third-order valence-electron chi connectivity index (χ3n) is 8.58. The van der Waals surface area contributed by atoms with Crippen molar-refractivity contribution in [1.82, 2.24) is 24.5 Å². The number of fused-ring (bicyclic) bond motifs is 5. The number of amides is 1. The summed E-state index contributed by atoms with van der Waals surface area (Å²) in [5, 5.41) is 5.83. The molecule has 184 valence electrons. The number of hydrogen-bond acceptors (Lipinski definition) is 5. The summed E-state index contributed by atoms with van der Waals surface area (Å²) in [4.78, 5) is 25.0. The molecule has 3 aliphatic rings. The fourth-order valence-electron chi connectivity index (χ4n) is 6.77. The van der Waals surface area contributed by atoms with E-state index in [1.54, 1.807) is 6.33 Å². The third-order valence-corrected chi connectivity index (χ3v) is 9.92. The number of thiophene rings is 1. The summed E-state index contributed by atoms with van der Waals surface area (Å²) in [6, 6.07) is 0.470. The summed E-state index contributed by atoms with van der Waals surface area (Å²) >= 11 is 1.95. The average molecular weight is 491 g/mol. The zero-order chi connectivity index (χ0) is 24.6. The Morgan fingerprint density at radius 3 is 2.71 bits per heavy atom. The van der Waals surface area contributed by atoms with Crippen LogP contribution in [0.4, 0.5) is 0 Å². The number of carbonyl (C=O) groups is 1. The van der Waals surface area contributed by atoms with Gasteiger partial charge in [0, 0.05) is 34.6 Å². The number of piperidine rings is 2. The Morgan fingerprint density at radius 2 is 2.03 bits per heavy atom. The lowest BCUT2D eigenvalue weighted by molar-refractivity contribution is -0.121. The minimum Gasteiger partial charge on any atom is -0.369 e. The van der Waals surface area contributed by atoms with Crippen LogP contribution in [0.15, 0.2) is 12.5 Å². The molecular formula is C27H34N6OS. The van der Waals surface area contributed by atoms with Crippen LogP contribution in [0, 0.1) is 26.7 Å². The normalized spacial score (nSPS) is 22.7. The number of nitrogens with two attached hydrogens (primary N) is 1. The number of H-pyrrole nitrogens is 1. The van der Waals surface area contributed by atoms with E-state index in [-0.39, 0.29) is 5.91 Å². The van der Waals surface area contributed by atoms with Gasteiger partial charge in [-0.05, 0) is 80.0 Å². The monoisotopic (exact) mass is 490 g/mol. The molecule has 1 aliphatic carbocycles. The smallest absolute Gasteiger partial charge is 0.231 e. The SMILES string of the molecule is Cc1c(-c2[nH]c3sc([C@@H]4CC5CCC4CN5CC(N)=O)c(C)c3c2C(C)C)cn2ncnc2c1C. The fraction of sp³-hybridized carbons (Fsp3) is 0.519. The van der Waals surface area contributed by atoms with Crippen molar-refractivity contribution < 1.29 is 4.79 Å². The number of aryl methyl sites for hydroxylation is 2. The van der Waals surface area contributed by atoms with Crippen LogP contribution in [0.5, 0.6) is 0 Å². The Bertz CT molecular complexity index is 1460. The van der Waals surface area contributed by atoms with Crippen LogP contribution in [0.2, 0.25) is 0 Å².